The Kier molecular flexibility index (Phi) is 5.16. The maximum Gasteiger partial charge on any atom is 0.119 e. The van der Waals surface area contributed by atoms with Gasteiger partial charge in [-0.15, -0.1) is 0 Å². The molecule has 2 aromatic rings. The van der Waals surface area contributed by atoms with Crippen molar-refractivity contribution >= 4 is 17.5 Å². The molecule has 114 valence electrons. The maximum absolute atomic E-state index is 5.18. The molecule has 2 rings (SSSR count). The van der Waals surface area contributed by atoms with Crippen LogP contribution in [0.4, 0.5) is 5.69 Å². The molecule has 0 aliphatic carbocycles. The molecule has 0 fully saturated rings. The third-order valence-corrected chi connectivity index (χ3v) is 3.41. The maximum atomic E-state index is 5.18. The number of ether oxygens (including phenoxy) is 1. The topological polar surface area (TPSA) is 21.6 Å². The molecule has 2 aromatic carbocycles. The summed E-state index contributed by atoms with van der Waals surface area (Å²) >= 11 is 0. The summed E-state index contributed by atoms with van der Waals surface area (Å²) in [6.07, 6.45) is 2.20. The monoisotopic (exact) mass is 293 g/mol. The number of methoxy groups -OCH3 is 1. The van der Waals surface area contributed by atoms with Gasteiger partial charge in [0.15, 0.2) is 0 Å². The predicted molar refractivity (Wildman–Crippen MR) is 95.4 cm³/mol. The van der Waals surface area contributed by atoms with Gasteiger partial charge in [0.05, 0.1) is 12.8 Å². The van der Waals surface area contributed by atoms with Crippen molar-refractivity contribution in [2.24, 2.45) is 4.99 Å². The second-order valence-electron chi connectivity index (χ2n) is 5.71. The second-order valence-corrected chi connectivity index (χ2v) is 5.71. The molecule has 0 spiro atoms. The zero-order chi connectivity index (χ0) is 16.1. The molecule has 0 radical (unpaired) electrons. The molecule has 2 nitrogen and oxygen atoms in total. The largest absolute Gasteiger partial charge is 0.497 e. The highest BCUT2D eigenvalue weighted by molar-refractivity contribution is 6.03. The summed E-state index contributed by atoms with van der Waals surface area (Å²) in [7, 11) is 1.67. The first-order chi connectivity index (χ1) is 10.5. The van der Waals surface area contributed by atoms with E-state index in [9.17, 15) is 0 Å². The molecular weight excluding hydrogens is 270 g/mol. The molecule has 0 atom stereocenters. The minimum absolute atomic E-state index is 0.845. The molecule has 0 aliphatic rings. The summed E-state index contributed by atoms with van der Waals surface area (Å²) in [5.41, 5.74) is 6.86. The fraction of sp³-hybridized carbons (Fsp3) is 0.250. The first-order valence-electron chi connectivity index (χ1n) is 7.45. The lowest BCUT2D eigenvalue weighted by atomic mass is 9.99. The van der Waals surface area contributed by atoms with Gasteiger partial charge in [-0.3, -0.25) is 4.99 Å². The van der Waals surface area contributed by atoms with Crippen molar-refractivity contribution in [1.82, 2.24) is 0 Å². The standard InChI is InChI=1S/C20H23NO/c1-14(2)12-17-7-6-15(3)13-20(17)16(4)21-18-8-10-19(22-5)11-9-18/h6-13H,1-5H3. The van der Waals surface area contributed by atoms with Crippen LogP contribution in [0.5, 0.6) is 5.75 Å². The van der Waals surface area contributed by atoms with E-state index in [1.54, 1.807) is 7.11 Å². The molecule has 0 aromatic heterocycles. The molecular formula is C20H23NO. The Morgan fingerprint density at radius 1 is 1.00 bits per heavy atom. The van der Waals surface area contributed by atoms with E-state index in [1.807, 2.05) is 24.3 Å². The third-order valence-electron chi connectivity index (χ3n) is 3.41. The SMILES string of the molecule is COc1ccc(N=C(C)c2cc(C)ccc2C=C(C)C)cc1. The minimum atomic E-state index is 0.845. The Balaban J connectivity index is 2.42. The molecule has 22 heavy (non-hydrogen) atoms. The molecule has 0 saturated carbocycles. The van der Waals surface area contributed by atoms with Gasteiger partial charge in [-0.25, -0.2) is 0 Å². The van der Waals surface area contributed by atoms with Crippen molar-refractivity contribution < 1.29 is 4.74 Å². The van der Waals surface area contributed by atoms with Gasteiger partial charge < -0.3 is 4.74 Å². The number of rotatable bonds is 4. The molecule has 0 amide bonds. The minimum Gasteiger partial charge on any atom is -0.497 e. The summed E-state index contributed by atoms with van der Waals surface area (Å²) in [4.78, 5) is 4.75. The molecule has 0 heterocycles. The highest BCUT2D eigenvalue weighted by Crippen LogP contribution is 2.21. The number of aliphatic imine (C=N–C) groups is 1. The van der Waals surface area contributed by atoms with Crippen LogP contribution in [0.2, 0.25) is 0 Å². The van der Waals surface area contributed by atoms with E-state index in [2.05, 4.69) is 52.0 Å². The summed E-state index contributed by atoms with van der Waals surface area (Å²) in [5.74, 6) is 0.845. The van der Waals surface area contributed by atoms with Crippen LogP contribution in [-0.4, -0.2) is 12.8 Å². The van der Waals surface area contributed by atoms with Crippen molar-refractivity contribution in [3.05, 3.63) is 64.7 Å². The normalized spacial score (nSPS) is 11.2. The van der Waals surface area contributed by atoms with Gasteiger partial charge in [-0.2, -0.15) is 0 Å². The van der Waals surface area contributed by atoms with Gasteiger partial charge in [0.1, 0.15) is 5.75 Å². The predicted octanol–water partition coefficient (Wildman–Crippen LogP) is 5.57. The van der Waals surface area contributed by atoms with E-state index in [0.29, 0.717) is 0 Å². The highest BCUT2D eigenvalue weighted by Gasteiger charge is 2.05. The van der Waals surface area contributed by atoms with Crippen molar-refractivity contribution in [2.75, 3.05) is 7.11 Å². The van der Waals surface area contributed by atoms with Gasteiger partial charge in [-0.05, 0) is 63.6 Å². The lowest BCUT2D eigenvalue weighted by molar-refractivity contribution is 0.415. The lowest BCUT2D eigenvalue weighted by Crippen LogP contribution is -1.99. The Morgan fingerprint density at radius 2 is 1.68 bits per heavy atom. The Bertz CT molecular complexity index is 705. The molecule has 0 N–H and O–H groups in total. The highest BCUT2D eigenvalue weighted by atomic mass is 16.5. The average molecular weight is 293 g/mol. The second kappa shape index (κ2) is 7.08. The summed E-state index contributed by atoms with van der Waals surface area (Å²) in [6, 6.07) is 14.3. The summed E-state index contributed by atoms with van der Waals surface area (Å²) < 4.78 is 5.18. The van der Waals surface area contributed by atoms with Crippen LogP contribution in [0.25, 0.3) is 6.08 Å². The Hall–Kier alpha value is -2.35. The molecule has 2 heteroatoms. The van der Waals surface area contributed by atoms with Crippen molar-refractivity contribution in [1.29, 1.82) is 0 Å². The summed E-state index contributed by atoms with van der Waals surface area (Å²) in [5, 5.41) is 0. The first-order valence-corrected chi connectivity index (χ1v) is 7.45. The van der Waals surface area contributed by atoms with Gasteiger partial charge in [0.2, 0.25) is 0 Å². The zero-order valence-corrected chi connectivity index (χ0v) is 14.0. The quantitative estimate of drug-likeness (QED) is 0.675. The number of hydrogen-bond donors (Lipinski definition) is 0. The molecule has 0 saturated heterocycles. The first kappa shape index (κ1) is 16.0. The van der Waals surface area contributed by atoms with Crippen molar-refractivity contribution in [3.63, 3.8) is 0 Å². The number of nitrogens with zero attached hydrogens (tertiary/aromatic N) is 1. The fourth-order valence-electron chi connectivity index (χ4n) is 2.33. The van der Waals surface area contributed by atoms with Crippen molar-refractivity contribution in [2.45, 2.75) is 27.7 Å². The molecule has 0 unspecified atom stereocenters. The number of hydrogen-bond acceptors (Lipinski definition) is 2. The van der Waals surface area contributed by atoms with Crippen LogP contribution in [-0.2, 0) is 0 Å². The van der Waals surface area contributed by atoms with E-state index in [4.69, 9.17) is 9.73 Å². The number of aryl methyl sites for hydroxylation is 1. The van der Waals surface area contributed by atoms with Crippen LogP contribution < -0.4 is 4.74 Å². The summed E-state index contributed by atoms with van der Waals surface area (Å²) in [6.45, 7) is 8.39. The van der Waals surface area contributed by atoms with Gasteiger partial charge in [-0.1, -0.05) is 29.3 Å². The van der Waals surface area contributed by atoms with E-state index in [-0.39, 0.29) is 0 Å². The van der Waals surface area contributed by atoms with E-state index < -0.39 is 0 Å². The smallest absolute Gasteiger partial charge is 0.119 e. The Labute approximate surface area is 133 Å². The average Bonchev–Trinajstić information content (AvgIpc) is 2.49. The lowest BCUT2D eigenvalue weighted by Gasteiger charge is -2.09. The van der Waals surface area contributed by atoms with E-state index >= 15 is 0 Å². The van der Waals surface area contributed by atoms with Crippen LogP contribution in [0.3, 0.4) is 0 Å². The third kappa shape index (κ3) is 4.08. The number of allylic oxidation sites excluding steroid dienone is 1. The van der Waals surface area contributed by atoms with Crippen molar-refractivity contribution in [3.8, 4) is 5.75 Å². The van der Waals surface area contributed by atoms with Gasteiger partial charge >= 0.3 is 0 Å². The Morgan fingerprint density at radius 3 is 2.27 bits per heavy atom. The van der Waals surface area contributed by atoms with Crippen LogP contribution in [0.1, 0.15) is 37.5 Å². The van der Waals surface area contributed by atoms with Gasteiger partial charge in [0, 0.05) is 11.3 Å². The van der Waals surface area contributed by atoms with E-state index in [0.717, 1.165) is 17.1 Å². The fourth-order valence-corrected chi connectivity index (χ4v) is 2.33. The molecule has 0 bridgehead atoms. The van der Waals surface area contributed by atoms with Crippen LogP contribution >= 0.6 is 0 Å². The number of benzene rings is 2. The van der Waals surface area contributed by atoms with E-state index in [1.165, 1.54) is 22.3 Å². The van der Waals surface area contributed by atoms with Crippen LogP contribution in [0, 0.1) is 6.92 Å². The zero-order valence-electron chi connectivity index (χ0n) is 14.0. The van der Waals surface area contributed by atoms with Crippen LogP contribution in [0.15, 0.2) is 53.0 Å². The molecule has 0 aliphatic heterocycles. The van der Waals surface area contributed by atoms with Gasteiger partial charge in [0.25, 0.3) is 0 Å².